The predicted molar refractivity (Wildman–Crippen MR) is 133 cm³/mol. The van der Waals surface area contributed by atoms with E-state index in [-0.39, 0.29) is 11.3 Å². The van der Waals surface area contributed by atoms with Gasteiger partial charge in [-0.2, -0.15) is 0 Å². The largest absolute Gasteiger partial charge is 0.497 e. The number of para-hydroxylation sites is 1. The van der Waals surface area contributed by atoms with Crippen LogP contribution in [0.2, 0.25) is 0 Å². The Bertz CT molecular complexity index is 1430. The van der Waals surface area contributed by atoms with E-state index in [9.17, 15) is 9.59 Å². The minimum absolute atomic E-state index is 0.0654. The summed E-state index contributed by atoms with van der Waals surface area (Å²) in [6.07, 6.45) is 0. The summed E-state index contributed by atoms with van der Waals surface area (Å²) in [7, 11) is 7.34. The first-order valence-corrected chi connectivity index (χ1v) is 10.7. The average molecular weight is 475 g/mol. The molecule has 0 N–H and O–H groups in total. The zero-order valence-electron chi connectivity index (χ0n) is 20.1. The first kappa shape index (κ1) is 23.7. The summed E-state index contributed by atoms with van der Waals surface area (Å²) in [5.74, 6) is 1.04. The van der Waals surface area contributed by atoms with E-state index in [1.807, 2.05) is 6.07 Å². The number of ether oxygens (including phenoxy) is 5. The van der Waals surface area contributed by atoms with Crippen LogP contribution in [0.1, 0.15) is 10.5 Å². The number of carbonyl (C=O) groups is 1. The molecule has 8 heteroatoms. The lowest BCUT2D eigenvalue weighted by Crippen LogP contribution is -2.26. The van der Waals surface area contributed by atoms with Gasteiger partial charge in [0.05, 0.1) is 40.9 Å². The number of carbonyl (C=O) groups excluding carboxylic acids is 1. The quantitative estimate of drug-likeness (QED) is 0.364. The maximum Gasteiger partial charge on any atom is 0.355 e. The van der Waals surface area contributed by atoms with Crippen LogP contribution in [0.3, 0.4) is 0 Å². The Kier molecular flexibility index (Phi) is 6.64. The summed E-state index contributed by atoms with van der Waals surface area (Å²) in [5, 5.41) is 0.905. The van der Waals surface area contributed by atoms with Crippen LogP contribution in [0.4, 0.5) is 0 Å². The van der Waals surface area contributed by atoms with Gasteiger partial charge in [-0.1, -0.05) is 18.2 Å². The lowest BCUT2D eigenvalue weighted by Gasteiger charge is -2.20. The van der Waals surface area contributed by atoms with Gasteiger partial charge in [0.15, 0.2) is 11.5 Å². The summed E-state index contributed by atoms with van der Waals surface area (Å²) < 4.78 is 28.4. The Hall–Kier alpha value is -4.46. The smallest absolute Gasteiger partial charge is 0.355 e. The number of methoxy groups -OCH3 is 5. The van der Waals surface area contributed by atoms with Gasteiger partial charge in [0.25, 0.3) is 5.56 Å². The van der Waals surface area contributed by atoms with Crippen LogP contribution >= 0.6 is 0 Å². The fraction of sp³-hybridized carbons (Fsp3) is 0.185. The average Bonchev–Trinajstić information content (AvgIpc) is 2.91. The SMILES string of the molecule is COC(=O)c1c(-c2cc(OC)c(OC)c(OC)c2)c2ccc(OC)cc2c(=O)n1-c1ccccc1. The molecule has 0 aliphatic heterocycles. The molecule has 4 aromatic rings. The first-order valence-electron chi connectivity index (χ1n) is 10.7. The molecule has 35 heavy (non-hydrogen) atoms. The zero-order chi connectivity index (χ0) is 25.1. The Balaban J connectivity index is 2.25. The predicted octanol–water partition coefficient (Wildman–Crippen LogP) is 4.48. The third-order valence-electron chi connectivity index (χ3n) is 5.74. The van der Waals surface area contributed by atoms with Crippen LogP contribution in [-0.2, 0) is 4.74 Å². The number of fused-ring (bicyclic) bond motifs is 1. The summed E-state index contributed by atoms with van der Waals surface area (Å²) in [6.45, 7) is 0. The fourth-order valence-corrected chi connectivity index (χ4v) is 4.14. The molecule has 0 atom stereocenters. The number of rotatable bonds is 7. The van der Waals surface area contributed by atoms with Crippen LogP contribution in [0.25, 0.3) is 27.6 Å². The number of esters is 1. The monoisotopic (exact) mass is 475 g/mol. The summed E-state index contributed by atoms with van der Waals surface area (Å²) in [5.41, 5.74) is 1.23. The van der Waals surface area contributed by atoms with E-state index >= 15 is 0 Å². The third kappa shape index (κ3) is 4.03. The van der Waals surface area contributed by atoms with Gasteiger partial charge in [-0.15, -0.1) is 0 Å². The van der Waals surface area contributed by atoms with Crippen molar-refractivity contribution in [2.24, 2.45) is 0 Å². The van der Waals surface area contributed by atoms with Gasteiger partial charge in [-0.3, -0.25) is 9.36 Å². The Morgan fingerprint density at radius 1 is 0.743 bits per heavy atom. The second-order valence-electron chi connectivity index (χ2n) is 7.52. The molecule has 0 radical (unpaired) electrons. The second kappa shape index (κ2) is 9.80. The van der Waals surface area contributed by atoms with E-state index in [2.05, 4.69) is 0 Å². The van der Waals surface area contributed by atoms with Crippen molar-refractivity contribution in [2.75, 3.05) is 35.5 Å². The first-order chi connectivity index (χ1) is 17.0. The van der Waals surface area contributed by atoms with E-state index in [0.29, 0.717) is 50.6 Å². The molecule has 0 saturated heterocycles. The molecule has 0 aliphatic carbocycles. The maximum absolute atomic E-state index is 13.8. The molecule has 1 aromatic heterocycles. The highest BCUT2D eigenvalue weighted by atomic mass is 16.5. The summed E-state index contributed by atoms with van der Waals surface area (Å²) in [4.78, 5) is 27.1. The van der Waals surface area contributed by atoms with Crippen molar-refractivity contribution in [3.05, 3.63) is 76.7 Å². The van der Waals surface area contributed by atoms with Crippen LogP contribution < -0.4 is 24.5 Å². The second-order valence-corrected chi connectivity index (χ2v) is 7.52. The molecule has 0 spiro atoms. The highest BCUT2D eigenvalue weighted by Crippen LogP contribution is 2.44. The van der Waals surface area contributed by atoms with E-state index in [0.717, 1.165) is 0 Å². The summed E-state index contributed by atoms with van der Waals surface area (Å²) in [6, 6.07) is 17.5. The van der Waals surface area contributed by atoms with Gasteiger partial charge < -0.3 is 23.7 Å². The number of pyridine rings is 1. The maximum atomic E-state index is 13.8. The van der Waals surface area contributed by atoms with Crippen molar-refractivity contribution in [3.63, 3.8) is 0 Å². The number of benzene rings is 3. The van der Waals surface area contributed by atoms with E-state index in [1.165, 1.54) is 40.1 Å². The molecule has 8 nitrogen and oxygen atoms in total. The Labute approximate surface area is 202 Å². The number of hydrogen-bond donors (Lipinski definition) is 0. The highest BCUT2D eigenvalue weighted by molar-refractivity contribution is 6.07. The van der Waals surface area contributed by atoms with E-state index < -0.39 is 5.97 Å². The standard InChI is InChI=1S/C27H25NO7/c1-31-18-11-12-19-20(15-18)26(29)28(17-9-7-6-8-10-17)24(27(30)35-5)23(19)16-13-21(32-2)25(34-4)22(14-16)33-3/h6-15H,1-5H3. The van der Waals surface area contributed by atoms with Crippen molar-refractivity contribution in [3.8, 4) is 39.8 Å². The number of hydrogen-bond acceptors (Lipinski definition) is 7. The van der Waals surface area contributed by atoms with Crippen LogP contribution in [0, 0.1) is 0 Å². The van der Waals surface area contributed by atoms with Crippen molar-refractivity contribution in [2.45, 2.75) is 0 Å². The lowest BCUT2D eigenvalue weighted by molar-refractivity contribution is 0.0591. The van der Waals surface area contributed by atoms with Crippen molar-refractivity contribution >= 4 is 16.7 Å². The highest BCUT2D eigenvalue weighted by Gasteiger charge is 2.27. The fourth-order valence-electron chi connectivity index (χ4n) is 4.14. The van der Waals surface area contributed by atoms with Gasteiger partial charge in [0.1, 0.15) is 11.4 Å². The summed E-state index contributed by atoms with van der Waals surface area (Å²) >= 11 is 0. The van der Waals surface area contributed by atoms with Crippen molar-refractivity contribution in [1.82, 2.24) is 4.57 Å². The van der Waals surface area contributed by atoms with Gasteiger partial charge in [-0.25, -0.2) is 4.79 Å². The molecule has 0 aliphatic rings. The van der Waals surface area contributed by atoms with Crippen molar-refractivity contribution in [1.29, 1.82) is 0 Å². The Morgan fingerprint density at radius 3 is 1.94 bits per heavy atom. The normalized spacial score (nSPS) is 10.7. The third-order valence-corrected chi connectivity index (χ3v) is 5.74. The van der Waals surface area contributed by atoms with Gasteiger partial charge in [0.2, 0.25) is 5.75 Å². The van der Waals surface area contributed by atoms with Crippen LogP contribution in [0.5, 0.6) is 23.0 Å². The zero-order valence-corrected chi connectivity index (χ0v) is 20.1. The minimum Gasteiger partial charge on any atom is -0.497 e. The molecule has 1 heterocycles. The topological polar surface area (TPSA) is 85.2 Å². The molecule has 3 aromatic carbocycles. The molecule has 0 amide bonds. The molecule has 180 valence electrons. The molecule has 4 rings (SSSR count). The number of aromatic nitrogens is 1. The molecule has 0 fully saturated rings. The van der Waals surface area contributed by atoms with Crippen molar-refractivity contribution < 1.29 is 28.5 Å². The molecule has 0 bridgehead atoms. The van der Waals surface area contributed by atoms with Crippen LogP contribution in [0.15, 0.2) is 65.5 Å². The minimum atomic E-state index is -0.674. The van der Waals surface area contributed by atoms with E-state index in [4.69, 9.17) is 23.7 Å². The van der Waals surface area contributed by atoms with E-state index in [1.54, 1.807) is 54.6 Å². The number of nitrogens with zero attached hydrogens (tertiary/aromatic N) is 1. The molecular formula is C27H25NO7. The van der Waals surface area contributed by atoms with Gasteiger partial charge >= 0.3 is 5.97 Å². The molecule has 0 unspecified atom stereocenters. The van der Waals surface area contributed by atoms with Gasteiger partial charge in [-0.05, 0) is 53.4 Å². The van der Waals surface area contributed by atoms with Crippen LogP contribution in [-0.4, -0.2) is 46.1 Å². The molecule has 0 saturated carbocycles. The van der Waals surface area contributed by atoms with Gasteiger partial charge in [0, 0.05) is 11.3 Å². The lowest BCUT2D eigenvalue weighted by atomic mass is 9.95. The Morgan fingerprint density at radius 2 is 1.40 bits per heavy atom. The molecular weight excluding hydrogens is 450 g/mol.